The third kappa shape index (κ3) is 5.18. The Bertz CT molecular complexity index is 1290. The molecule has 0 saturated carbocycles. The highest BCUT2D eigenvalue weighted by molar-refractivity contribution is 5.76. The molecule has 7 heteroatoms. The number of para-hydroxylation sites is 2. The lowest BCUT2D eigenvalue weighted by atomic mass is 9.77. The van der Waals surface area contributed by atoms with Gasteiger partial charge in [0.2, 0.25) is 0 Å². The van der Waals surface area contributed by atoms with E-state index in [9.17, 15) is 4.79 Å². The molecule has 0 N–H and O–H groups in total. The van der Waals surface area contributed by atoms with Crippen LogP contribution in [0.5, 0.6) is 0 Å². The number of likely N-dealkylation sites (tertiary alicyclic amines) is 2. The molecule has 2 aromatic heterocycles. The number of rotatable bonds is 4. The SMILES string of the molecule is CC(C)(C)OC(=O)N1CCC[C@H](Cn2c(CN3CCC[C@H]4CCc5cccnc5[C@H]43)nc3ccccc32)C1. The molecule has 1 aromatic carbocycles. The Morgan fingerprint density at radius 1 is 1.05 bits per heavy atom. The largest absolute Gasteiger partial charge is 0.444 e. The van der Waals surface area contributed by atoms with Gasteiger partial charge in [-0.3, -0.25) is 9.88 Å². The van der Waals surface area contributed by atoms with Crippen LogP contribution in [0.1, 0.15) is 76.0 Å². The second kappa shape index (κ2) is 10.3. The van der Waals surface area contributed by atoms with Crippen molar-refractivity contribution in [2.24, 2.45) is 11.8 Å². The van der Waals surface area contributed by atoms with Crippen molar-refractivity contribution in [1.29, 1.82) is 0 Å². The van der Waals surface area contributed by atoms with E-state index in [1.165, 1.54) is 36.0 Å². The maximum atomic E-state index is 12.8. The topological polar surface area (TPSA) is 63.5 Å². The molecule has 202 valence electrons. The molecule has 3 aromatic rings. The third-order valence-electron chi connectivity index (χ3n) is 8.54. The molecular formula is C31H41N5O2. The molecule has 4 heterocycles. The Morgan fingerprint density at radius 2 is 1.89 bits per heavy atom. The fourth-order valence-corrected chi connectivity index (χ4v) is 6.89. The highest BCUT2D eigenvalue weighted by Gasteiger charge is 2.38. The fraction of sp³-hybridized carbons (Fsp3) is 0.581. The number of fused-ring (bicyclic) bond motifs is 4. The second-order valence-electron chi connectivity index (χ2n) is 12.5. The summed E-state index contributed by atoms with van der Waals surface area (Å²) in [5.74, 6) is 2.17. The standard InChI is InChI=1S/C31H41N5O2/c1-31(2,3)38-30(37)35-18-7-9-22(19-35)20-36-26-13-5-4-12-25(26)33-27(36)21-34-17-8-11-24-15-14-23-10-6-16-32-28(23)29(24)34/h4-6,10,12-13,16,22,24,29H,7-9,11,14-15,17-21H2,1-3H3/t22-,24-,29-/m0/s1. The molecule has 3 atom stereocenters. The van der Waals surface area contributed by atoms with Crippen LogP contribution in [0.25, 0.3) is 11.0 Å². The second-order valence-corrected chi connectivity index (χ2v) is 12.5. The molecule has 38 heavy (non-hydrogen) atoms. The number of nitrogens with zero attached hydrogens (tertiary/aromatic N) is 5. The maximum absolute atomic E-state index is 12.8. The summed E-state index contributed by atoms with van der Waals surface area (Å²) in [4.78, 5) is 27.4. The number of amides is 1. The molecule has 6 rings (SSSR count). The Kier molecular flexibility index (Phi) is 6.89. The van der Waals surface area contributed by atoms with Crippen molar-refractivity contribution in [2.45, 2.75) is 84.0 Å². The maximum Gasteiger partial charge on any atom is 0.410 e. The van der Waals surface area contributed by atoms with Crippen LogP contribution in [0.2, 0.25) is 0 Å². The minimum Gasteiger partial charge on any atom is -0.444 e. The molecule has 1 amide bonds. The summed E-state index contributed by atoms with van der Waals surface area (Å²) in [6.07, 6.45) is 8.79. The number of hydrogen-bond donors (Lipinski definition) is 0. The molecule has 1 aliphatic carbocycles. The lowest BCUT2D eigenvalue weighted by Gasteiger charge is -2.44. The monoisotopic (exact) mass is 515 g/mol. The first-order valence-electron chi connectivity index (χ1n) is 14.5. The number of benzene rings is 1. The van der Waals surface area contributed by atoms with Gasteiger partial charge in [-0.25, -0.2) is 9.78 Å². The van der Waals surface area contributed by atoms with Crippen molar-refractivity contribution in [3.8, 4) is 0 Å². The summed E-state index contributed by atoms with van der Waals surface area (Å²) < 4.78 is 8.12. The molecule has 0 spiro atoms. The van der Waals surface area contributed by atoms with E-state index >= 15 is 0 Å². The van der Waals surface area contributed by atoms with Crippen LogP contribution in [-0.2, 0) is 24.2 Å². The zero-order chi connectivity index (χ0) is 26.3. The number of aryl methyl sites for hydroxylation is 1. The first-order chi connectivity index (χ1) is 18.4. The van der Waals surface area contributed by atoms with Crippen molar-refractivity contribution in [1.82, 2.24) is 24.3 Å². The van der Waals surface area contributed by atoms with Crippen LogP contribution < -0.4 is 0 Å². The van der Waals surface area contributed by atoms with Crippen LogP contribution in [0.15, 0.2) is 42.6 Å². The fourth-order valence-electron chi connectivity index (χ4n) is 6.89. The zero-order valence-electron chi connectivity index (χ0n) is 23.1. The number of carbonyl (C=O) groups is 1. The molecule has 2 aliphatic heterocycles. The number of piperidine rings is 2. The predicted molar refractivity (Wildman–Crippen MR) is 149 cm³/mol. The van der Waals surface area contributed by atoms with Gasteiger partial charge >= 0.3 is 6.09 Å². The number of hydrogen-bond acceptors (Lipinski definition) is 5. The molecule has 3 aliphatic rings. The lowest BCUT2D eigenvalue weighted by molar-refractivity contribution is 0.0156. The highest BCUT2D eigenvalue weighted by Crippen LogP contribution is 2.43. The normalized spacial score (nSPS) is 24.2. The van der Waals surface area contributed by atoms with E-state index in [0.717, 1.165) is 63.3 Å². The Hall–Kier alpha value is -2.93. The molecule has 0 bridgehead atoms. The summed E-state index contributed by atoms with van der Waals surface area (Å²) in [5, 5.41) is 0. The van der Waals surface area contributed by atoms with Gasteiger partial charge in [0.1, 0.15) is 11.4 Å². The van der Waals surface area contributed by atoms with Crippen molar-refractivity contribution in [2.75, 3.05) is 19.6 Å². The first kappa shape index (κ1) is 25.4. The van der Waals surface area contributed by atoms with Crippen molar-refractivity contribution < 1.29 is 9.53 Å². The Morgan fingerprint density at radius 3 is 2.76 bits per heavy atom. The van der Waals surface area contributed by atoms with Gasteiger partial charge in [-0.15, -0.1) is 0 Å². The van der Waals surface area contributed by atoms with Crippen molar-refractivity contribution >= 4 is 17.1 Å². The summed E-state index contributed by atoms with van der Waals surface area (Å²) in [6, 6.07) is 13.2. The summed E-state index contributed by atoms with van der Waals surface area (Å²) >= 11 is 0. The molecule has 2 fully saturated rings. The molecule has 2 saturated heterocycles. The van der Waals surface area contributed by atoms with Gasteiger partial charge in [0, 0.05) is 25.8 Å². The van der Waals surface area contributed by atoms with E-state index in [4.69, 9.17) is 14.7 Å². The van der Waals surface area contributed by atoms with E-state index in [-0.39, 0.29) is 6.09 Å². The van der Waals surface area contributed by atoms with Gasteiger partial charge in [0.15, 0.2) is 0 Å². The van der Waals surface area contributed by atoms with Crippen molar-refractivity contribution in [3.63, 3.8) is 0 Å². The van der Waals surface area contributed by atoms with Gasteiger partial charge in [-0.05, 0) is 101 Å². The smallest absolute Gasteiger partial charge is 0.410 e. The van der Waals surface area contributed by atoms with E-state index in [0.29, 0.717) is 17.9 Å². The average molecular weight is 516 g/mol. The lowest BCUT2D eigenvalue weighted by Crippen LogP contribution is -2.44. The van der Waals surface area contributed by atoms with Crippen LogP contribution in [-0.4, -0.2) is 55.7 Å². The zero-order valence-corrected chi connectivity index (χ0v) is 23.1. The third-order valence-corrected chi connectivity index (χ3v) is 8.54. The summed E-state index contributed by atoms with van der Waals surface area (Å²) in [5.41, 5.74) is 4.46. The van der Waals surface area contributed by atoms with E-state index < -0.39 is 5.60 Å². The van der Waals surface area contributed by atoms with Crippen molar-refractivity contribution in [3.05, 3.63) is 59.7 Å². The number of ether oxygens (including phenoxy) is 1. The van der Waals surface area contributed by atoms with E-state index in [1.807, 2.05) is 31.9 Å². The molecular weight excluding hydrogens is 474 g/mol. The van der Waals surface area contributed by atoms with Gasteiger partial charge in [-0.1, -0.05) is 18.2 Å². The minimum atomic E-state index is -0.476. The first-order valence-corrected chi connectivity index (χ1v) is 14.5. The molecule has 7 nitrogen and oxygen atoms in total. The molecule has 0 unspecified atom stereocenters. The quantitative estimate of drug-likeness (QED) is 0.428. The number of imidazole rings is 1. The van der Waals surface area contributed by atoms with Crippen LogP contribution >= 0.6 is 0 Å². The molecule has 0 radical (unpaired) electrons. The number of carbonyl (C=O) groups excluding carboxylic acids is 1. The van der Waals surface area contributed by atoms with Gasteiger partial charge < -0.3 is 14.2 Å². The number of aromatic nitrogens is 3. The van der Waals surface area contributed by atoms with Crippen LogP contribution in [0, 0.1) is 11.8 Å². The van der Waals surface area contributed by atoms with E-state index in [2.05, 4.69) is 45.9 Å². The van der Waals surface area contributed by atoms with Crippen LogP contribution in [0.3, 0.4) is 0 Å². The number of pyridine rings is 1. The summed E-state index contributed by atoms with van der Waals surface area (Å²) in [6.45, 7) is 10.1. The van der Waals surface area contributed by atoms with E-state index in [1.54, 1.807) is 0 Å². The average Bonchev–Trinajstić information content (AvgIpc) is 3.24. The van der Waals surface area contributed by atoms with Gasteiger partial charge in [0.25, 0.3) is 0 Å². The van der Waals surface area contributed by atoms with Crippen LogP contribution in [0.4, 0.5) is 4.79 Å². The van der Waals surface area contributed by atoms with Gasteiger partial charge in [0.05, 0.1) is 29.3 Å². The summed E-state index contributed by atoms with van der Waals surface area (Å²) in [7, 11) is 0. The van der Waals surface area contributed by atoms with Gasteiger partial charge in [-0.2, -0.15) is 0 Å². The Balaban J connectivity index is 1.26. The minimum absolute atomic E-state index is 0.194. The predicted octanol–water partition coefficient (Wildman–Crippen LogP) is 5.98. The Labute approximate surface area is 226 Å². The highest BCUT2D eigenvalue weighted by atomic mass is 16.6.